The zero-order chi connectivity index (χ0) is 9.68. The van der Waals surface area contributed by atoms with E-state index in [4.69, 9.17) is 0 Å². The lowest BCUT2D eigenvalue weighted by atomic mass is 10.2. The lowest BCUT2D eigenvalue weighted by Crippen LogP contribution is -2.16. The highest BCUT2D eigenvalue weighted by Crippen LogP contribution is 2.08. The number of rotatable bonds is 4. The number of benzene rings is 1. The van der Waals surface area contributed by atoms with Crippen molar-refractivity contribution in [3.8, 4) is 0 Å². The summed E-state index contributed by atoms with van der Waals surface area (Å²) in [7, 11) is 0. The van der Waals surface area contributed by atoms with Gasteiger partial charge < -0.3 is 10.1 Å². The summed E-state index contributed by atoms with van der Waals surface area (Å²) >= 11 is 0. The first-order valence-corrected chi connectivity index (χ1v) is 3.82. The fourth-order valence-electron chi connectivity index (χ4n) is 0.945. The lowest BCUT2D eigenvalue weighted by molar-refractivity contribution is -0.107. The molecule has 0 heterocycles. The van der Waals surface area contributed by atoms with E-state index in [2.05, 4.69) is 5.32 Å². The van der Waals surface area contributed by atoms with Crippen LogP contribution in [0.25, 0.3) is 0 Å². The molecule has 0 fully saturated rings. The molecule has 0 amide bonds. The first kappa shape index (κ1) is 9.80. The molecule has 0 atom stereocenters. The normalized spacial score (nSPS) is 10.0. The monoisotopic (exact) mass is 185 g/mol. The third kappa shape index (κ3) is 2.91. The van der Waals surface area contributed by atoms with Gasteiger partial charge in [0.1, 0.15) is 17.9 Å². The Balaban J connectivity index is 2.64. The highest BCUT2D eigenvalue weighted by Gasteiger charge is 2.02. The van der Waals surface area contributed by atoms with Crippen molar-refractivity contribution in [3.63, 3.8) is 0 Å². The number of hydrogen-bond donors (Lipinski definition) is 1. The maximum absolute atomic E-state index is 12.9. The number of aldehydes is 1. The maximum atomic E-state index is 12.9. The zero-order valence-corrected chi connectivity index (χ0v) is 6.89. The minimum atomic E-state index is -0.482. The summed E-state index contributed by atoms with van der Waals surface area (Å²) in [6.07, 6.45) is 0.664. The molecule has 0 saturated carbocycles. The minimum Gasteiger partial charge on any atom is -0.306 e. The third-order valence-corrected chi connectivity index (χ3v) is 1.55. The van der Waals surface area contributed by atoms with Crippen LogP contribution in [-0.2, 0) is 11.3 Å². The molecule has 0 aliphatic rings. The molecule has 0 spiro atoms. The van der Waals surface area contributed by atoms with E-state index in [1.165, 1.54) is 0 Å². The van der Waals surface area contributed by atoms with Crippen LogP contribution < -0.4 is 5.32 Å². The van der Waals surface area contributed by atoms with Crippen molar-refractivity contribution < 1.29 is 13.6 Å². The van der Waals surface area contributed by atoms with Gasteiger partial charge in [-0.05, 0) is 18.2 Å². The van der Waals surface area contributed by atoms with Gasteiger partial charge >= 0.3 is 0 Å². The summed E-state index contributed by atoms with van der Waals surface area (Å²) in [4.78, 5) is 9.92. The molecule has 1 N–H and O–H groups in total. The Bertz CT molecular complexity index is 302. The van der Waals surface area contributed by atoms with E-state index < -0.39 is 11.6 Å². The Hall–Kier alpha value is -1.29. The second-order valence-corrected chi connectivity index (χ2v) is 2.53. The van der Waals surface area contributed by atoms with Gasteiger partial charge in [-0.25, -0.2) is 8.78 Å². The predicted octanol–water partition coefficient (Wildman–Crippen LogP) is 1.25. The fourth-order valence-corrected chi connectivity index (χ4v) is 0.945. The zero-order valence-electron chi connectivity index (χ0n) is 6.89. The average molecular weight is 185 g/mol. The summed E-state index contributed by atoms with van der Waals surface area (Å²) in [5, 5.41) is 2.64. The number of hydrogen-bond acceptors (Lipinski definition) is 2. The van der Waals surface area contributed by atoms with Crippen molar-refractivity contribution in [1.82, 2.24) is 5.32 Å². The van der Waals surface area contributed by atoms with Crippen LogP contribution in [0.3, 0.4) is 0 Å². The average Bonchev–Trinajstić information content (AvgIpc) is 2.11. The lowest BCUT2D eigenvalue weighted by Gasteiger charge is -2.02. The van der Waals surface area contributed by atoms with E-state index in [1.807, 2.05) is 0 Å². The summed E-state index contributed by atoms with van der Waals surface area (Å²) in [6.45, 7) is 0.290. The van der Waals surface area contributed by atoms with E-state index in [9.17, 15) is 13.6 Å². The standard InChI is InChI=1S/C9H9F2NO/c10-8-1-2-9(11)7(5-8)6-12-3-4-13/h1-2,4-5,12H,3,6H2. The molecule has 0 saturated heterocycles. The van der Waals surface area contributed by atoms with E-state index in [0.29, 0.717) is 6.29 Å². The van der Waals surface area contributed by atoms with E-state index in [0.717, 1.165) is 18.2 Å². The van der Waals surface area contributed by atoms with Crippen molar-refractivity contribution >= 4 is 6.29 Å². The molecule has 1 rings (SSSR count). The highest BCUT2D eigenvalue weighted by atomic mass is 19.1. The second-order valence-electron chi connectivity index (χ2n) is 2.53. The van der Waals surface area contributed by atoms with Gasteiger partial charge in [-0.15, -0.1) is 0 Å². The third-order valence-electron chi connectivity index (χ3n) is 1.55. The van der Waals surface area contributed by atoms with Crippen LogP contribution in [0, 0.1) is 11.6 Å². The first-order valence-electron chi connectivity index (χ1n) is 3.82. The molecule has 4 heteroatoms. The molecule has 2 nitrogen and oxygen atoms in total. The van der Waals surface area contributed by atoms with Gasteiger partial charge in [0.05, 0.1) is 6.54 Å². The molecule has 13 heavy (non-hydrogen) atoms. The van der Waals surface area contributed by atoms with Crippen LogP contribution in [0.5, 0.6) is 0 Å². The van der Waals surface area contributed by atoms with Crippen LogP contribution in [0.1, 0.15) is 5.56 Å². The van der Waals surface area contributed by atoms with E-state index >= 15 is 0 Å². The number of nitrogens with one attached hydrogen (secondary N) is 1. The number of halogens is 2. The molecule has 70 valence electrons. The SMILES string of the molecule is O=CCNCc1cc(F)ccc1F. The molecular weight excluding hydrogens is 176 g/mol. The van der Waals surface area contributed by atoms with Gasteiger partial charge in [-0.1, -0.05) is 0 Å². The highest BCUT2D eigenvalue weighted by molar-refractivity contribution is 5.51. The van der Waals surface area contributed by atoms with Crippen molar-refractivity contribution in [2.75, 3.05) is 6.54 Å². The fraction of sp³-hybridized carbons (Fsp3) is 0.222. The topological polar surface area (TPSA) is 29.1 Å². The summed E-state index contributed by atoms with van der Waals surface area (Å²) in [6, 6.07) is 3.22. The van der Waals surface area contributed by atoms with E-state index in [-0.39, 0.29) is 18.7 Å². The van der Waals surface area contributed by atoms with Crippen LogP contribution in [0.2, 0.25) is 0 Å². The molecule has 0 aliphatic heterocycles. The quantitative estimate of drug-likeness (QED) is 0.565. The van der Waals surface area contributed by atoms with Gasteiger partial charge in [0.15, 0.2) is 0 Å². The molecular formula is C9H9F2NO. The Morgan fingerprint density at radius 1 is 1.38 bits per heavy atom. The molecule has 0 aliphatic carbocycles. The van der Waals surface area contributed by atoms with Gasteiger partial charge in [-0.3, -0.25) is 0 Å². The van der Waals surface area contributed by atoms with Crippen LogP contribution in [0.15, 0.2) is 18.2 Å². The summed E-state index contributed by atoms with van der Waals surface area (Å²) in [5.74, 6) is -0.955. The Labute approximate surface area is 74.6 Å². The van der Waals surface area contributed by atoms with Crippen molar-refractivity contribution in [2.24, 2.45) is 0 Å². The van der Waals surface area contributed by atoms with Gasteiger partial charge in [0.25, 0.3) is 0 Å². The van der Waals surface area contributed by atoms with Crippen LogP contribution >= 0.6 is 0 Å². The largest absolute Gasteiger partial charge is 0.306 e. The van der Waals surface area contributed by atoms with E-state index in [1.54, 1.807) is 0 Å². The minimum absolute atomic E-state index is 0.135. The second kappa shape index (κ2) is 4.67. The van der Waals surface area contributed by atoms with Crippen LogP contribution in [-0.4, -0.2) is 12.8 Å². The number of carbonyl (C=O) groups excluding carboxylic acids is 1. The smallest absolute Gasteiger partial charge is 0.133 e. The van der Waals surface area contributed by atoms with Gasteiger partial charge in [-0.2, -0.15) is 0 Å². The van der Waals surface area contributed by atoms with Gasteiger partial charge in [0, 0.05) is 12.1 Å². The molecule has 1 aromatic rings. The van der Waals surface area contributed by atoms with Crippen molar-refractivity contribution in [2.45, 2.75) is 6.54 Å². The summed E-state index contributed by atoms with van der Waals surface area (Å²) < 4.78 is 25.5. The Morgan fingerprint density at radius 3 is 2.85 bits per heavy atom. The molecule has 0 bridgehead atoms. The Kier molecular flexibility index (Phi) is 3.52. The predicted molar refractivity (Wildman–Crippen MR) is 44.1 cm³/mol. The van der Waals surface area contributed by atoms with Crippen LogP contribution in [0.4, 0.5) is 8.78 Å². The van der Waals surface area contributed by atoms with Crippen molar-refractivity contribution in [1.29, 1.82) is 0 Å². The molecule has 0 unspecified atom stereocenters. The first-order chi connectivity index (χ1) is 6.24. The Morgan fingerprint density at radius 2 is 2.15 bits per heavy atom. The van der Waals surface area contributed by atoms with Crippen molar-refractivity contribution in [3.05, 3.63) is 35.4 Å². The van der Waals surface area contributed by atoms with Gasteiger partial charge in [0.2, 0.25) is 0 Å². The molecule has 0 radical (unpaired) electrons. The summed E-state index contributed by atoms with van der Waals surface area (Å²) in [5.41, 5.74) is 0.224. The molecule has 1 aromatic carbocycles. The molecule has 0 aromatic heterocycles. The number of carbonyl (C=O) groups is 1. The maximum Gasteiger partial charge on any atom is 0.133 e.